The zero-order chi connectivity index (χ0) is 76.2. The number of aromatic nitrogens is 2. The SMILES string of the molecule is CC(Br)C(=O)C(C)(C)C.CC(C)(C)C(=O)C(=O)c1cccs1.CC(C)(C)C(=O)C(F)(F)F.CC(C)(C)C(=O)CP(=O)(O)O.CC(C)(C)C(=O)[C@@H](N)CCS(=O)(=O)O.CC(C)(C)C(=O)c1c[nH]c(=S)[nH]c1=O.CCC(Cl)C(=O)C(C)(C)C.CCCCC(Br)C(=O)C(C)(C)C. The number of thiophene rings is 1. The molecule has 2 heterocycles. The average molecular weight is 1560 g/mol. The van der Waals surface area contributed by atoms with Crippen LogP contribution >= 0.6 is 74.6 Å². The number of ketones is 9. The number of rotatable bonds is 16. The van der Waals surface area contributed by atoms with Crippen molar-refractivity contribution >= 4 is 137 Å². The molecule has 29 heteroatoms. The topological polar surface area (TPSA) is 340 Å². The van der Waals surface area contributed by atoms with Crippen LogP contribution in [-0.4, -0.2) is 124 Å². The Balaban J connectivity index is -0.000000234. The lowest BCUT2D eigenvalue weighted by Gasteiger charge is -2.21. The van der Waals surface area contributed by atoms with E-state index in [4.69, 9.17) is 43.9 Å². The lowest BCUT2D eigenvalue weighted by atomic mass is 9.86. The van der Waals surface area contributed by atoms with Crippen molar-refractivity contribution in [1.29, 1.82) is 0 Å². The van der Waals surface area contributed by atoms with Gasteiger partial charge in [0.2, 0.25) is 17.3 Å². The number of aromatic amines is 2. The highest BCUT2D eigenvalue weighted by atomic mass is 79.9. The van der Waals surface area contributed by atoms with Crippen molar-refractivity contribution in [3.8, 4) is 0 Å². The van der Waals surface area contributed by atoms with E-state index in [-0.39, 0.29) is 82.7 Å². The highest BCUT2D eigenvalue weighted by Crippen LogP contribution is 2.37. The van der Waals surface area contributed by atoms with E-state index in [1.807, 2.05) is 76.2 Å². The van der Waals surface area contributed by atoms with Gasteiger partial charge >= 0.3 is 13.8 Å². The van der Waals surface area contributed by atoms with Crippen molar-refractivity contribution in [1.82, 2.24) is 9.97 Å². The molecule has 93 heavy (non-hydrogen) atoms. The monoisotopic (exact) mass is 1550 g/mol. The number of carbonyl (C=O) groups is 9. The lowest BCUT2D eigenvalue weighted by molar-refractivity contribution is -0.179. The predicted molar refractivity (Wildman–Crippen MR) is 378 cm³/mol. The minimum Gasteiger partial charge on any atom is -0.338 e. The van der Waals surface area contributed by atoms with Crippen molar-refractivity contribution in [2.45, 2.75) is 246 Å². The number of halogens is 6. The minimum absolute atomic E-state index is 0.0162. The number of Topliss-reactive ketones (excluding diaryl/α,β-unsaturated/α-hetero) is 9. The van der Waals surface area contributed by atoms with E-state index >= 15 is 0 Å². The quantitative estimate of drug-likeness (QED) is 0.0227. The standard InChI is InChI=1S/C10H19BrO.C10H12O2S.C9H12N2O2S.C8H15ClO.C8H17NO4S.C7H13BrO.C6H9F3O.C6H13O4P/c1-5-6-7-8(11)9(12)10(2,3)4;1-10(2,3)9(12)8(11)7-5-4-6-13-7;1-9(2,3)6(12)5-4-10-8(14)11-7(5)13;1-5-6(9)7(10)8(2,3)4;1-8(2,3)7(10)6(9)4-5-14(11,12)13;1-5(8)6(9)7(2,3)4;1-5(2,3)4(10)6(7,8)9;1-6(2,3)5(7)4-11(8,9)10/h8H,5-7H2,1-4H3;4-6H,1-3H3;4H,1-3H3,(H2,10,11,13,14);6H,5H2,1-4H3;6H,4-5,9H2,1-3H3,(H,11,12,13);5H,1-4H3;1-3H3;4H2,1-3H3,(H2,8,9,10)/t;;;;6-;;;/m....0.../s1. The number of alkyl halides is 6. The Morgan fingerprint density at radius 1 is 0.677 bits per heavy atom. The molecule has 2 rings (SSSR count). The summed E-state index contributed by atoms with van der Waals surface area (Å²) >= 11 is 18.4. The van der Waals surface area contributed by atoms with Crippen LogP contribution in [0.4, 0.5) is 13.2 Å². The summed E-state index contributed by atoms with van der Waals surface area (Å²) in [4.78, 5) is 135. The average Bonchev–Trinajstić information content (AvgIpc) is 1.43. The van der Waals surface area contributed by atoms with Crippen LogP contribution in [0.25, 0.3) is 0 Å². The normalized spacial score (nSPS) is 13.5. The molecule has 19 nitrogen and oxygen atoms in total. The second kappa shape index (κ2) is 42.0. The van der Waals surface area contributed by atoms with Crippen LogP contribution in [0.1, 0.15) is 239 Å². The highest BCUT2D eigenvalue weighted by molar-refractivity contribution is 9.10. The van der Waals surface area contributed by atoms with Crippen LogP contribution in [0.5, 0.6) is 0 Å². The van der Waals surface area contributed by atoms with Gasteiger partial charge in [0.1, 0.15) is 11.9 Å². The Hall–Kier alpha value is -3.11. The minimum atomic E-state index is -4.70. The van der Waals surface area contributed by atoms with Crippen LogP contribution < -0.4 is 11.3 Å². The summed E-state index contributed by atoms with van der Waals surface area (Å²) in [6, 6.07) is 2.61. The van der Waals surface area contributed by atoms with Crippen molar-refractivity contribution in [3.05, 3.63) is 49.3 Å². The smallest absolute Gasteiger partial charge is 0.338 e. The van der Waals surface area contributed by atoms with Gasteiger partial charge in [-0.3, -0.25) is 62.0 Å². The molecule has 0 aliphatic carbocycles. The van der Waals surface area contributed by atoms with Gasteiger partial charge in [-0.2, -0.15) is 21.6 Å². The first-order valence-corrected chi connectivity index (χ1v) is 36.7. The molecule has 3 unspecified atom stereocenters. The maximum Gasteiger partial charge on any atom is 0.450 e. The van der Waals surface area contributed by atoms with Crippen molar-refractivity contribution in [3.63, 3.8) is 0 Å². The maximum absolute atomic E-state index is 11.7. The fourth-order valence-corrected chi connectivity index (χ4v) is 10.1. The van der Waals surface area contributed by atoms with E-state index in [9.17, 15) is 74.1 Å². The van der Waals surface area contributed by atoms with Gasteiger partial charge in [0.15, 0.2) is 33.7 Å². The molecule has 2 aromatic rings. The summed E-state index contributed by atoms with van der Waals surface area (Å²) in [6.07, 6.45) is -0.0834. The molecular formula is C64H110Br2ClF3N3O16PS3. The highest BCUT2D eigenvalue weighted by Gasteiger charge is 2.45. The Morgan fingerprint density at radius 2 is 1.10 bits per heavy atom. The molecule has 0 spiro atoms. The third-order valence-corrected chi connectivity index (χ3v) is 15.9. The largest absolute Gasteiger partial charge is 0.450 e. The fraction of sp³-hybridized carbons (Fsp3) is 0.734. The first-order valence-electron chi connectivity index (χ1n) is 29.7. The van der Waals surface area contributed by atoms with E-state index in [1.165, 1.54) is 38.3 Å². The molecule has 4 atom stereocenters. The maximum atomic E-state index is 11.7. The van der Waals surface area contributed by atoms with Gasteiger partial charge in [-0.05, 0) is 49.9 Å². The third-order valence-electron chi connectivity index (χ3n) is 11.6. The fourth-order valence-electron chi connectivity index (χ4n) is 5.89. The number of nitrogens with one attached hydrogen (secondary N) is 2. The molecule has 0 saturated heterocycles. The summed E-state index contributed by atoms with van der Waals surface area (Å²) in [5, 5.41) is 1.49. The lowest BCUT2D eigenvalue weighted by Crippen LogP contribution is -2.40. The number of hydrogen-bond donors (Lipinski definition) is 6. The molecule has 0 radical (unpaired) electrons. The first kappa shape index (κ1) is 101. The molecule has 2 aromatic heterocycles. The van der Waals surface area contributed by atoms with Crippen molar-refractivity contribution < 1.29 is 83.6 Å². The second-order valence-corrected chi connectivity index (χ2v) is 37.3. The second-order valence-electron chi connectivity index (χ2n) is 29.8. The summed E-state index contributed by atoms with van der Waals surface area (Å²) in [5.41, 5.74) is 0.745. The van der Waals surface area contributed by atoms with Crippen LogP contribution in [0.15, 0.2) is 28.5 Å². The van der Waals surface area contributed by atoms with Gasteiger partial charge in [-0.1, -0.05) is 231 Å². The van der Waals surface area contributed by atoms with Gasteiger partial charge < -0.3 is 20.5 Å². The summed E-state index contributed by atoms with van der Waals surface area (Å²) in [5.74, 6) is -2.97. The van der Waals surface area contributed by atoms with Gasteiger partial charge in [0, 0.05) is 49.5 Å². The Morgan fingerprint density at radius 3 is 1.32 bits per heavy atom. The molecule has 0 saturated carbocycles. The van der Waals surface area contributed by atoms with E-state index < -0.39 is 86.0 Å². The molecule has 7 N–H and O–H groups in total. The van der Waals surface area contributed by atoms with E-state index in [2.05, 4.69) is 48.8 Å². The molecule has 0 aliphatic heterocycles. The first-order chi connectivity index (χ1) is 40.7. The number of H-pyrrole nitrogens is 2. The van der Waals surface area contributed by atoms with Crippen LogP contribution in [-0.2, 0) is 48.2 Å². The van der Waals surface area contributed by atoms with Crippen molar-refractivity contribution in [2.24, 2.45) is 49.1 Å². The van der Waals surface area contributed by atoms with E-state index in [0.717, 1.165) is 25.7 Å². The zero-order valence-electron chi connectivity index (χ0n) is 59.7. The molecule has 0 aliphatic rings. The van der Waals surface area contributed by atoms with Gasteiger partial charge in [0.05, 0.1) is 37.3 Å². The van der Waals surface area contributed by atoms with Gasteiger partial charge in [0.25, 0.3) is 15.7 Å². The molecule has 0 fully saturated rings. The van der Waals surface area contributed by atoms with Gasteiger partial charge in [-0.25, -0.2) is 0 Å². The number of carbonyl (C=O) groups excluding carboxylic acids is 9. The molecule has 0 amide bonds. The number of nitrogens with two attached hydrogens (primary N) is 1. The van der Waals surface area contributed by atoms with Gasteiger partial charge in [-0.15, -0.1) is 22.9 Å². The van der Waals surface area contributed by atoms with Crippen LogP contribution in [0.2, 0.25) is 0 Å². The Kier molecular flexibility index (Phi) is 45.6. The number of unbranched alkanes of at least 4 members (excludes halogenated alkanes) is 1. The zero-order valence-corrected chi connectivity index (χ0v) is 67.0. The molecular weight excluding hydrogens is 1450 g/mol. The van der Waals surface area contributed by atoms with E-state index in [1.54, 1.807) is 101 Å². The van der Waals surface area contributed by atoms with Crippen LogP contribution in [0.3, 0.4) is 0 Å². The predicted octanol–water partition coefficient (Wildman–Crippen LogP) is 15.9. The summed E-state index contributed by atoms with van der Waals surface area (Å²) in [7, 11) is -8.20. The van der Waals surface area contributed by atoms with Crippen LogP contribution in [0, 0.1) is 48.1 Å². The Bertz CT molecular complexity index is 2980. The van der Waals surface area contributed by atoms with Crippen molar-refractivity contribution in [2.75, 3.05) is 11.9 Å². The third kappa shape index (κ3) is 50.0. The molecule has 0 aromatic carbocycles. The Labute approximate surface area is 583 Å². The summed E-state index contributed by atoms with van der Waals surface area (Å²) in [6.45, 7) is 47.5. The summed E-state index contributed by atoms with van der Waals surface area (Å²) < 4.78 is 74.6. The molecule has 0 bridgehead atoms. The number of hydrogen-bond acceptors (Lipinski definition) is 16. The molecule has 542 valence electrons. The van der Waals surface area contributed by atoms with E-state index in [0.29, 0.717) is 10.7 Å².